The van der Waals surface area contributed by atoms with Crippen LogP contribution >= 0.6 is 23.1 Å². The molecule has 1 aromatic carbocycles. The zero-order valence-electron chi connectivity index (χ0n) is 7.13. The van der Waals surface area contributed by atoms with Gasteiger partial charge in [0.2, 0.25) is 0 Å². The summed E-state index contributed by atoms with van der Waals surface area (Å²) in [7, 11) is 0. The first kappa shape index (κ1) is 8.14. The maximum absolute atomic E-state index is 2.20. The van der Waals surface area contributed by atoms with E-state index in [9.17, 15) is 0 Å². The van der Waals surface area contributed by atoms with Gasteiger partial charge in [0.15, 0.2) is 0 Å². The van der Waals surface area contributed by atoms with E-state index in [4.69, 9.17) is 0 Å². The van der Waals surface area contributed by atoms with Crippen molar-refractivity contribution in [3.8, 4) is 0 Å². The molecule has 2 aromatic rings. The fourth-order valence-corrected chi connectivity index (χ4v) is 3.34. The predicted molar refractivity (Wildman–Crippen MR) is 58.3 cm³/mol. The third-order valence-electron chi connectivity index (χ3n) is 1.98. The minimum atomic E-state index is 1.37. The molecule has 2 rings (SSSR count). The lowest BCUT2D eigenvalue weighted by Crippen LogP contribution is -1.77. The number of aryl methyl sites for hydroxylation is 1. The lowest BCUT2D eigenvalue weighted by molar-refractivity contribution is 1.37. The van der Waals surface area contributed by atoms with Gasteiger partial charge in [0.25, 0.3) is 0 Å². The zero-order valence-corrected chi connectivity index (χ0v) is 8.76. The summed E-state index contributed by atoms with van der Waals surface area (Å²) >= 11 is 3.67. The van der Waals surface area contributed by atoms with Crippen LogP contribution in [0.2, 0.25) is 0 Å². The number of hydrogen-bond acceptors (Lipinski definition) is 2. The lowest BCUT2D eigenvalue weighted by Gasteiger charge is -2.02. The van der Waals surface area contributed by atoms with Crippen molar-refractivity contribution < 1.29 is 0 Å². The Labute approximate surface area is 80.6 Å². The van der Waals surface area contributed by atoms with Crippen molar-refractivity contribution in [3.05, 3.63) is 29.1 Å². The van der Waals surface area contributed by atoms with Crippen LogP contribution in [0.5, 0.6) is 0 Å². The molecule has 62 valence electrons. The second kappa shape index (κ2) is 3.11. The maximum atomic E-state index is 2.20. The Balaban J connectivity index is 2.83. The first-order valence-electron chi connectivity index (χ1n) is 3.83. The van der Waals surface area contributed by atoms with Crippen LogP contribution in [0.25, 0.3) is 10.1 Å². The van der Waals surface area contributed by atoms with Crippen molar-refractivity contribution in [1.82, 2.24) is 0 Å². The van der Waals surface area contributed by atoms with Crippen LogP contribution in [-0.4, -0.2) is 6.26 Å². The van der Waals surface area contributed by atoms with Gasteiger partial charge in [0.1, 0.15) is 0 Å². The molecule has 0 unspecified atom stereocenters. The van der Waals surface area contributed by atoms with Crippen molar-refractivity contribution in [2.75, 3.05) is 6.26 Å². The van der Waals surface area contributed by atoms with E-state index in [-0.39, 0.29) is 0 Å². The van der Waals surface area contributed by atoms with Gasteiger partial charge in [0, 0.05) is 9.60 Å². The number of fused-ring (bicyclic) bond motifs is 1. The topological polar surface area (TPSA) is 0 Å². The molecule has 0 saturated heterocycles. The third kappa shape index (κ3) is 1.15. The van der Waals surface area contributed by atoms with Crippen molar-refractivity contribution in [3.63, 3.8) is 0 Å². The van der Waals surface area contributed by atoms with Crippen LogP contribution in [0.15, 0.2) is 28.5 Å². The first-order chi connectivity index (χ1) is 5.83. The fraction of sp³-hybridized carbons (Fsp3) is 0.200. The van der Waals surface area contributed by atoms with E-state index >= 15 is 0 Å². The van der Waals surface area contributed by atoms with Gasteiger partial charge < -0.3 is 0 Å². The Hall–Kier alpha value is -0.470. The molecule has 0 aliphatic rings. The summed E-state index contributed by atoms with van der Waals surface area (Å²) in [6.07, 6.45) is 2.14. The monoisotopic (exact) mass is 194 g/mol. The van der Waals surface area contributed by atoms with Crippen molar-refractivity contribution in [1.29, 1.82) is 0 Å². The molecule has 0 radical (unpaired) electrons. The van der Waals surface area contributed by atoms with E-state index in [1.165, 1.54) is 20.5 Å². The number of rotatable bonds is 1. The molecule has 0 nitrogen and oxygen atoms in total. The van der Waals surface area contributed by atoms with Gasteiger partial charge >= 0.3 is 0 Å². The highest BCUT2D eigenvalue weighted by Gasteiger charge is 2.03. The van der Waals surface area contributed by atoms with Crippen molar-refractivity contribution in [2.24, 2.45) is 0 Å². The van der Waals surface area contributed by atoms with Crippen LogP contribution in [0, 0.1) is 6.92 Å². The molecule has 2 heteroatoms. The summed E-state index contributed by atoms with van der Waals surface area (Å²) < 4.78 is 1.43. The quantitative estimate of drug-likeness (QED) is 0.620. The second-order valence-electron chi connectivity index (χ2n) is 2.75. The van der Waals surface area contributed by atoms with Crippen molar-refractivity contribution >= 4 is 33.2 Å². The van der Waals surface area contributed by atoms with Gasteiger partial charge in [-0.15, -0.1) is 23.1 Å². The van der Waals surface area contributed by atoms with Gasteiger partial charge in [-0.3, -0.25) is 0 Å². The first-order valence-corrected chi connectivity index (χ1v) is 5.94. The van der Waals surface area contributed by atoms with Crippen LogP contribution < -0.4 is 0 Å². The molecule has 0 fully saturated rings. The Morgan fingerprint density at radius 1 is 1.25 bits per heavy atom. The number of thioether (sulfide) groups is 1. The third-order valence-corrected chi connectivity index (χ3v) is 3.99. The van der Waals surface area contributed by atoms with E-state index in [1.54, 1.807) is 0 Å². The largest absolute Gasteiger partial charge is 0.143 e. The summed E-state index contributed by atoms with van der Waals surface area (Å²) in [5.74, 6) is 0. The number of benzene rings is 1. The maximum Gasteiger partial charge on any atom is 0.0481 e. The highest BCUT2D eigenvalue weighted by atomic mass is 32.2. The molecule has 0 spiro atoms. The average Bonchev–Trinajstić information content (AvgIpc) is 2.52. The zero-order chi connectivity index (χ0) is 8.55. The number of hydrogen-bond donors (Lipinski definition) is 0. The van der Waals surface area contributed by atoms with E-state index in [2.05, 4.69) is 36.8 Å². The second-order valence-corrected chi connectivity index (χ2v) is 4.49. The van der Waals surface area contributed by atoms with E-state index in [0.29, 0.717) is 0 Å². The van der Waals surface area contributed by atoms with Gasteiger partial charge in [-0.05, 0) is 35.6 Å². The summed E-state index contributed by atoms with van der Waals surface area (Å²) in [5.41, 5.74) is 1.39. The van der Waals surface area contributed by atoms with Gasteiger partial charge in [-0.1, -0.05) is 12.1 Å². The molecule has 0 bridgehead atoms. The van der Waals surface area contributed by atoms with E-state index in [1.807, 2.05) is 23.1 Å². The molecule has 0 aliphatic carbocycles. The Bertz CT molecular complexity index is 401. The average molecular weight is 194 g/mol. The van der Waals surface area contributed by atoms with E-state index in [0.717, 1.165) is 0 Å². The molecule has 0 aliphatic heterocycles. The highest BCUT2D eigenvalue weighted by Crippen LogP contribution is 2.33. The minimum absolute atomic E-state index is 1.37. The lowest BCUT2D eigenvalue weighted by atomic mass is 10.2. The van der Waals surface area contributed by atoms with Crippen LogP contribution in [-0.2, 0) is 0 Å². The summed E-state index contributed by atoms with van der Waals surface area (Å²) in [6.45, 7) is 2.17. The molecule has 12 heavy (non-hydrogen) atoms. The smallest absolute Gasteiger partial charge is 0.0481 e. The molecule has 0 saturated carbocycles. The molecule has 0 atom stereocenters. The molecule has 0 N–H and O–H groups in total. The molecule has 1 aromatic heterocycles. The summed E-state index contributed by atoms with van der Waals surface area (Å²) in [4.78, 5) is 1.43. The Morgan fingerprint density at radius 3 is 2.83 bits per heavy atom. The highest BCUT2D eigenvalue weighted by molar-refractivity contribution is 7.99. The molecule has 0 amide bonds. The normalized spacial score (nSPS) is 10.8. The molecular weight excluding hydrogens is 184 g/mol. The predicted octanol–water partition coefficient (Wildman–Crippen LogP) is 3.93. The van der Waals surface area contributed by atoms with Crippen molar-refractivity contribution in [2.45, 2.75) is 11.8 Å². The minimum Gasteiger partial charge on any atom is -0.143 e. The van der Waals surface area contributed by atoms with E-state index < -0.39 is 0 Å². The summed E-state index contributed by atoms with van der Waals surface area (Å²) in [5, 5.41) is 3.53. The van der Waals surface area contributed by atoms with Gasteiger partial charge in [-0.2, -0.15) is 0 Å². The van der Waals surface area contributed by atoms with Crippen LogP contribution in [0.1, 0.15) is 5.56 Å². The summed E-state index contributed by atoms with van der Waals surface area (Å²) in [6, 6.07) is 6.57. The molecule has 1 heterocycles. The number of thiophene rings is 1. The SMILES string of the molecule is CSc1c(C)ccc2ccsc12. The van der Waals surface area contributed by atoms with Crippen LogP contribution in [0.4, 0.5) is 0 Å². The van der Waals surface area contributed by atoms with Gasteiger partial charge in [0.05, 0.1) is 0 Å². The van der Waals surface area contributed by atoms with Crippen LogP contribution in [0.3, 0.4) is 0 Å². The Morgan fingerprint density at radius 2 is 2.08 bits per heavy atom. The fourth-order valence-electron chi connectivity index (χ4n) is 1.36. The van der Waals surface area contributed by atoms with Gasteiger partial charge in [-0.25, -0.2) is 0 Å². The Kier molecular flexibility index (Phi) is 2.11. The molecular formula is C10H10S2. The standard InChI is InChI=1S/C10H10S2/c1-7-3-4-8-5-6-12-10(8)9(7)11-2/h3-6H,1-2H3.